The molecule has 5 rings (SSSR count). The number of nitrogens with one attached hydrogen (secondary N) is 1. The molecule has 1 amide bonds. The van der Waals surface area contributed by atoms with E-state index in [-0.39, 0.29) is 5.91 Å². The first-order valence-corrected chi connectivity index (χ1v) is 10.2. The fraction of sp³-hybridized carbons (Fsp3) is 0.571. The number of rotatable bonds is 2. The van der Waals surface area contributed by atoms with E-state index in [9.17, 15) is 4.79 Å². The summed E-state index contributed by atoms with van der Waals surface area (Å²) in [4.78, 5) is 19.8. The van der Waals surface area contributed by atoms with Crippen molar-refractivity contribution in [3.63, 3.8) is 0 Å². The Morgan fingerprint density at radius 1 is 1.11 bits per heavy atom. The molecule has 4 aliphatic heterocycles. The Bertz CT molecular complexity index is 780. The first-order valence-electron chi connectivity index (χ1n) is 10.2. The minimum absolute atomic E-state index is 0.117. The van der Waals surface area contributed by atoms with Crippen LogP contribution in [0, 0.1) is 0 Å². The molecular weight excluding hydrogens is 340 g/mol. The van der Waals surface area contributed by atoms with Gasteiger partial charge < -0.3 is 19.9 Å². The molecule has 6 nitrogen and oxygen atoms in total. The first-order chi connectivity index (χ1) is 13.2. The Labute approximate surface area is 160 Å². The molecule has 144 valence electrons. The van der Waals surface area contributed by atoms with Crippen molar-refractivity contribution in [3.05, 3.63) is 29.5 Å². The zero-order valence-electron chi connectivity index (χ0n) is 16.0. The van der Waals surface area contributed by atoms with Crippen molar-refractivity contribution in [3.8, 4) is 0 Å². The Hall–Kier alpha value is -2.05. The van der Waals surface area contributed by atoms with E-state index in [2.05, 4.69) is 33.3 Å². The van der Waals surface area contributed by atoms with Gasteiger partial charge in [-0.15, -0.1) is 0 Å². The summed E-state index contributed by atoms with van der Waals surface area (Å²) in [6, 6.07) is 7.06. The average Bonchev–Trinajstić information content (AvgIpc) is 3.17. The Morgan fingerprint density at radius 2 is 1.93 bits per heavy atom. The average molecular weight is 368 g/mol. The van der Waals surface area contributed by atoms with Gasteiger partial charge in [0.1, 0.15) is 0 Å². The molecule has 3 saturated heterocycles. The third-order valence-electron chi connectivity index (χ3n) is 6.43. The molecule has 0 saturated carbocycles. The molecule has 0 spiro atoms. The maximum atomic E-state index is 13.1. The van der Waals surface area contributed by atoms with Crippen LogP contribution in [0.5, 0.6) is 0 Å². The number of benzene rings is 1. The number of anilines is 2. The highest BCUT2D eigenvalue weighted by molar-refractivity contribution is 6.33. The topological polar surface area (TPSA) is 48.1 Å². The zero-order chi connectivity index (χ0) is 18.4. The molecule has 0 atom stereocenters. The summed E-state index contributed by atoms with van der Waals surface area (Å²) in [5.41, 5.74) is 5.34. The monoisotopic (exact) mass is 368 g/mol. The molecule has 0 bridgehead atoms. The van der Waals surface area contributed by atoms with Crippen molar-refractivity contribution >= 4 is 22.9 Å². The summed E-state index contributed by atoms with van der Waals surface area (Å²) in [6.07, 6.45) is 3.40. The molecule has 4 aliphatic rings. The molecule has 0 aromatic heterocycles. The lowest BCUT2D eigenvalue weighted by Crippen LogP contribution is -2.50. The second-order valence-corrected chi connectivity index (χ2v) is 8.02. The molecule has 0 aliphatic carbocycles. The molecule has 1 aromatic rings. The van der Waals surface area contributed by atoms with E-state index in [4.69, 9.17) is 4.74 Å². The van der Waals surface area contributed by atoms with Gasteiger partial charge in [-0.1, -0.05) is 0 Å². The summed E-state index contributed by atoms with van der Waals surface area (Å²) < 4.78 is 5.36. The van der Waals surface area contributed by atoms with Crippen molar-refractivity contribution in [2.24, 2.45) is 0 Å². The molecule has 3 fully saturated rings. The fourth-order valence-electron chi connectivity index (χ4n) is 4.69. The van der Waals surface area contributed by atoms with Crippen LogP contribution < -0.4 is 15.1 Å². The summed E-state index contributed by atoms with van der Waals surface area (Å²) in [5.74, 6) is 0.117. The molecule has 0 radical (unpaired) electrons. The van der Waals surface area contributed by atoms with Gasteiger partial charge in [-0.3, -0.25) is 9.69 Å². The van der Waals surface area contributed by atoms with E-state index < -0.39 is 0 Å². The molecule has 4 heterocycles. The zero-order valence-corrected chi connectivity index (χ0v) is 16.0. The van der Waals surface area contributed by atoms with Gasteiger partial charge in [0.25, 0.3) is 5.91 Å². The highest BCUT2D eigenvalue weighted by Gasteiger charge is 2.34. The predicted octanol–water partition coefficient (Wildman–Crippen LogP) is 1.67. The number of amides is 1. The number of nitrogens with zero attached hydrogens (tertiary/aromatic N) is 3. The van der Waals surface area contributed by atoms with Gasteiger partial charge in [-0.25, -0.2) is 0 Å². The van der Waals surface area contributed by atoms with Crippen molar-refractivity contribution in [2.75, 3.05) is 62.8 Å². The van der Waals surface area contributed by atoms with Gasteiger partial charge in [-0.2, -0.15) is 0 Å². The molecular formula is C21H28N4O2. The maximum Gasteiger partial charge on any atom is 0.260 e. The molecule has 1 N–H and O–H groups in total. The van der Waals surface area contributed by atoms with Crippen molar-refractivity contribution in [1.29, 1.82) is 0 Å². The molecule has 0 unspecified atom stereocenters. The number of fused-ring (bicyclic) bond motifs is 1. The highest BCUT2D eigenvalue weighted by Crippen LogP contribution is 2.40. The lowest BCUT2D eigenvalue weighted by molar-refractivity contribution is -0.112. The molecule has 27 heavy (non-hydrogen) atoms. The molecule has 1 aromatic carbocycles. The van der Waals surface area contributed by atoms with E-state index >= 15 is 0 Å². The minimum Gasteiger partial charge on any atom is -0.386 e. The van der Waals surface area contributed by atoms with Crippen LogP contribution in [0.2, 0.25) is 0 Å². The Balaban J connectivity index is 1.48. The fourth-order valence-corrected chi connectivity index (χ4v) is 4.69. The van der Waals surface area contributed by atoms with E-state index in [0.717, 1.165) is 74.9 Å². The van der Waals surface area contributed by atoms with E-state index in [1.54, 1.807) is 4.90 Å². The summed E-state index contributed by atoms with van der Waals surface area (Å²) in [7, 11) is 1.89. The van der Waals surface area contributed by atoms with Crippen LogP contribution in [-0.4, -0.2) is 69.8 Å². The second kappa shape index (κ2) is 6.84. The summed E-state index contributed by atoms with van der Waals surface area (Å²) in [5, 5.41) is 3.57. The van der Waals surface area contributed by atoms with Crippen molar-refractivity contribution < 1.29 is 9.53 Å². The van der Waals surface area contributed by atoms with Crippen molar-refractivity contribution in [1.82, 2.24) is 10.2 Å². The Morgan fingerprint density at radius 3 is 2.67 bits per heavy atom. The van der Waals surface area contributed by atoms with Crippen LogP contribution in [-0.2, 0) is 9.53 Å². The SMILES string of the molecule is CN1C(=O)/C(=C2/CCN(C3COC3)CCN2)c2cc(N3CCCC3)ccc21. The highest BCUT2D eigenvalue weighted by atomic mass is 16.5. The number of hydrogen-bond acceptors (Lipinski definition) is 5. The smallest absolute Gasteiger partial charge is 0.260 e. The second-order valence-electron chi connectivity index (χ2n) is 8.02. The van der Waals surface area contributed by atoms with Gasteiger partial charge in [-0.05, 0) is 31.0 Å². The van der Waals surface area contributed by atoms with E-state index in [1.165, 1.54) is 18.5 Å². The summed E-state index contributed by atoms with van der Waals surface area (Å²) in [6.45, 7) is 6.79. The number of carbonyl (C=O) groups is 1. The van der Waals surface area contributed by atoms with Gasteiger partial charge in [0.2, 0.25) is 0 Å². The third-order valence-corrected chi connectivity index (χ3v) is 6.43. The van der Waals surface area contributed by atoms with Crippen LogP contribution in [0.1, 0.15) is 24.8 Å². The van der Waals surface area contributed by atoms with Gasteiger partial charge in [0.15, 0.2) is 0 Å². The van der Waals surface area contributed by atoms with Crippen LogP contribution in [0.25, 0.3) is 5.57 Å². The van der Waals surface area contributed by atoms with Gasteiger partial charge in [0, 0.05) is 63.1 Å². The number of likely N-dealkylation sites (N-methyl/N-ethyl adjacent to an activating group) is 1. The van der Waals surface area contributed by atoms with E-state index in [1.807, 2.05) is 7.05 Å². The summed E-state index contributed by atoms with van der Waals surface area (Å²) >= 11 is 0. The van der Waals surface area contributed by atoms with Crippen molar-refractivity contribution in [2.45, 2.75) is 25.3 Å². The normalized spacial score (nSPS) is 26.8. The molecule has 6 heteroatoms. The third kappa shape index (κ3) is 2.91. The van der Waals surface area contributed by atoms with Crippen LogP contribution >= 0.6 is 0 Å². The van der Waals surface area contributed by atoms with Gasteiger partial charge >= 0.3 is 0 Å². The van der Waals surface area contributed by atoms with Crippen LogP contribution in [0.3, 0.4) is 0 Å². The number of carbonyl (C=O) groups excluding carboxylic acids is 1. The first kappa shape index (κ1) is 17.1. The predicted molar refractivity (Wildman–Crippen MR) is 107 cm³/mol. The minimum atomic E-state index is 0.117. The van der Waals surface area contributed by atoms with E-state index in [0.29, 0.717) is 6.04 Å². The van der Waals surface area contributed by atoms with Gasteiger partial charge in [0.05, 0.1) is 30.5 Å². The number of hydrogen-bond donors (Lipinski definition) is 1. The van der Waals surface area contributed by atoms with Crippen LogP contribution in [0.15, 0.2) is 23.9 Å². The standard InChI is InChI=1S/C21H28N4O2/c1-23-19-5-4-15(24-8-2-3-9-24)12-17(19)20(21(23)26)18-6-10-25(11-7-22-18)16-13-27-14-16/h4-5,12,16,22H,2-3,6-11,13-14H2,1H3/b20-18-. The largest absolute Gasteiger partial charge is 0.386 e. The quantitative estimate of drug-likeness (QED) is 0.805. The lowest BCUT2D eigenvalue weighted by atomic mass is 10.0. The lowest BCUT2D eigenvalue weighted by Gasteiger charge is -2.36. The Kier molecular flexibility index (Phi) is 4.32. The maximum absolute atomic E-state index is 13.1. The van der Waals surface area contributed by atoms with Crippen LogP contribution in [0.4, 0.5) is 11.4 Å². The number of ether oxygens (including phenoxy) is 1.